The van der Waals surface area contributed by atoms with E-state index in [-0.39, 0.29) is 6.61 Å². The lowest BCUT2D eigenvalue weighted by molar-refractivity contribution is 0.302. The van der Waals surface area contributed by atoms with Crippen molar-refractivity contribution in [2.45, 2.75) is 38.5 Å². The van der Waals surface area contributed by atoms with Crippen LogP contribution in [0.5, 0.6) is 0 Å². The quantitative estimate of drug-likeness (QED) is 0.354. The second-order valence-corrected chi connectivity index (χ2v) is 3.25. The average molecular weight is 191 g/mol. The predicted molar refractivity (Wildman–Crippen MR) is 54.6 cm³/mol. The maximum Gasteiger partial charge on any atom is 0.0465 e. The summed E-state index contributed by atoms with van der Waals surface area (Å²) in [4.78, 5) is 0. The van der Waals surface area contributed by atoms with Crippen molar-refractivity contribution >= 4 is 11.6 Å². The number of halogens is 1. The van der Waals surface area contributed by atoms with Crippen LogP contribution in [0, 0.1) is 0 Å². The molecule has 0 saturated heterocycles. The molecule has 0 aliphatic heterocycles. The molecule has 0 spiro atoms. The number of unbranched alkanes of at least 4 members (excludes halogenated alkanes) is 4. The van der Waals surface area contributed by atoms with Crippen LogP contribution in [-0.4, -0.2) is 17.6 Å². The lowest BCUT2D eigenvalue weighted by Crippen LogP contribution is -1.79. The van der Waals surface area contributed by atoms with Crippen molar-refractivity contribution in [2.75, 3.05) is 12.5 Å². The van der Waals surface area contributed by atoms with Crippen LogP contribution in [0.4, 0.5) is 0 Å². The Morgan fingerprint density at radius 3 is 2.25 bits per heavy atom. The zero-order valence-corrected chi connectivity index (χ0v) is 8.39. The molecule has 1 N–H and O–H groups in total. The van der Waals surface area contributed by atoms with Crippen LogP contribution in [0.25, 0.3) is 0 Å². The fourth-order valence-corrected chi connectivity index (χ4v) is 1.21. The molecule has 0 unspecified atom stereocenters. The highest BCUT2D eigenvalue weighted by Crippen LogP contribution is 2.04. The monoisotopic (exact) mass is 190 g/mol. The van der Waals surface area contributed by atoms with Crippen LogP contribution in [0.1, 0.15) is 38.5 Å². The highest BCUT2D eigenvalue weighted by atomic mass is 35.5. The Bertz CT molecular complexity index is 102. The van der Waals surface area contributed by atoms with Gasteiger partial charge in [-0.25, -0.2) is 0 Å². The van der Waals surface area contributed by atoms with Crippen molar-refractivity contribution in [1.82, 2.24) is 0 Å². The van der Waals surface area contributed by atoms with E-state index in [4.69, 9.17) is 16.7 Å². The molecule has 0 aromatic carbocycles. The number of aliphatic hydroxyl groups is 1. The summed E-state index contributed by atoms with van der Waals surface area (Å²) >= 11 is 5.54. The highest BCUT2D eigenvalue weighted by Gasteiger charge is 1.86. The van der Waals surface area contributed by atoms with Gasteiger partial charge in [0.2, 0.25) is 0 Å². The first-order valence-electron chi connectivity index (χ1n) is 4.73. The van der Waals surface area contributed by atoms with Gasteiger partial charge in [-0.05, 0) is 25.7 Å². The smallest absolute Gasteiger partial charge is 0.0465 e. The van der Waals surface area contributed by atoms with E-state index in [1.807, 2.05) is 6.08 Å². The lowest BCUT2D eigenvalue weighted by atomic mass is 10.1. The second kappa shape index (κ2) is 11.0. The number of alkyl halides is 1. The molecule has 0 saturated carbocycles. The third-order valence-corrected chi connectivity index (χ3v) is 1.98. The summed E-state index contributed by atoms with van der Waals surface area (Å²) in [5.41, 5.74) is 0. The van der Waals surface area contributed by atoms with Gasteiger partial charge in [0, 0.05) is 12.5 Å². The lowest BCUT2D eigenvalue weighted by Gasteiger charge is -1.95. The first kappa shape index (κ1) is 12.0. The first-order chi connectivity index (χ1) is 5.91. The Hall–Kier alpha value is -0.0100. The Labute approximate surface area is 80.4 Å². The molecule has 72 valence electrons. The largest absolute Gasteiger partial charge is 0.396 e. The van der Waals surface area contributed by atoms with Gasteiger partial charge in [0.25, 0.3) is 0 Å². The molecular weight excluding hydrogens is 172 g/mol. The summed E-state index contributed by atoms with van der Waals surface area (Å²) in [5.74, 6) is 0.792. The summed E-state index contributed by atoms with van der Waals surface area (Å²) in [6.07, 6.45) is 11.0. The van der Waals surface area contributed by atoms with Gasteiger partial charge in [-0.3, -0.25) is 0 Å². The minimum atomic E-state index is 0.267. The fourth-order valence-electron chi connectivity index (χ4n) is 1.02. The van der Waals surface area contributed by atoms with Crippen molar-refractivity contribution in [1.29, 1.82) is 0 Å². The van der Waals surface area contributed by atoms with E-state index in [2.05, 4.69) is 6.08 Å². The van der Waals surface area contributed by atoms with Gasteiger partial charge in [-0.2, -0.15) is 0 Å². The number of hydrogen-bond donors (Lipinski definition) is 1. The van der Waals surface area contributed by atoms with Gasteiger partial charge >= 0.3 is 0 Å². The molecule has 0 amide bonds. The molecule has 0 aromatic heterocycles. The van der Waals surface area contributed by atoms with E-state index in [9.17, 15) is 0 Å². The number of hydrogen-bond acceptors (Lipinski definition) is 1. The van der Waals surface area contributed by atoms with Crippen molar-refractivity contribution in [3.63, 3.8) is 0 Å². The Balaban J connectivity index is 2.90. The highest BCUT2D eigenvalue weighted by molar-refractivity contribution is 6.17. The van der Waals surface area contributed by atoms with Crippen LogP contribution in [0.2, 0.25) is 0 Å². The maximum atomic E-state index is 8.47. The van der Waals surface area contributed by atoms with Crippen LogP contribution in [0.15, 0.2) is 12.2 Å². The van der Waals surface area contributed by atoms with Gasteiger partial charge in [0.05, 0.1) is 0 Å². The summed E-state index contributed by atoms with van der Waals surface area (Å²) in [6.45, 7) is 0.267. The van der Waals surface area contributed by atoms with Gasteiger partial charge in [-0.15, -0.1) is 11.6 Å². The van der Waals surface area contributed by atoms with Crippen molar-refractivity contribution in [3.05, 3.63) is 12.2 Å². The van der Waals surface area contributed by atoms with Crippen molar-refractivity contribution < 1.29 is 5.11 Å². The van der Waals surface area contributed by atoms with Crippen molar-refractivity contribution in [3.8, 4) is 0 Å². The van der Waals surface area contributed by atoms with Gasteiger partial charge < -0.3 is 5.11 Å². The molecule has 0 aromatic rings. The molecule has 1 nitrogen and oxygen atoms in total. The average Bonchev–Trinajstić information content (AvgIpc) is 2.10. The normalized spacial score (nSPS) is 11.2. The Morgan fingerprint density at radius 1 is 0.917 bits per heavy atom. The van der Waals surface area contributed by atoms with E-state index in [0.717, 1.165) is 25.1 Å². The zero-order valence-electron chi connectivity index (χ0n) is 7.64. The van der Waals surface area contributed by atoms with Crippen LogP contribution >= 0.6 is 11.6 Å². The molecule has 12 heavy (non-hydrogen) atoms. The Morgan fingerprint density at radius 2 is 1.58 bits per heavy atom. The second-order valence-electron chi connectivity index (χ2n) is 2.88. The molecule has 0 bridgehead atoms. The topological polar surface area (TPSA) is 20.2 Å². The predicted octanol–water partition coefficient (Wildman–Crippen LogP) is 3.11. The van der Waals surface area contributed by atoms with E-state index in [0.29, 0.717) is 0 Å². The number of rotatable bonds is 8. The van der Waals surface area contributed by atoms with Gasteiger partial charge in [-0.1, -0.05) is 25.0 Å². The maximum absolute atomic E-state index is 8.47. The molecule has 0 radical (unpaired) electrons. The van der Waals surface area contributed by atoms with Gasteiger partial charge in [0.1, 0.15) is 0 Å². The number of aliphatic hydroxyl groups excluding tert-OH is 1. The van der Waals surface area contributed by atoms with E-state index in [1.165, 1.54) is 19.3 Å². The SMILES string of the molecule is OCC/C=C\CCCCCCCl. The van der Waals surface area contributed by atoms with E-state index >= 15 is 0 Å². The summed E-state index contributed by atoms with van der Waals surface area (Å²) in [6, 6.07) is 0. The van der Waals surface area contributed by atoms with Crippen LogP contribution < -0.4 is 0 Å². The molecule has 0 atom stereocenters. The van der Waals surface area contributed by atoms with Crippen LogP contribution in [-0.2, 0) is 0 Å². The standard InChI is InChI=1S/C10H19ClO/c11-9-7-5-3-1-2-4-6-8-10-12/h4,6,12H,1-3,5,7-10H2/b6-4-. The minimum Gasteiger partial charge on any atom is -0.396 e. The first-order valence-corrected chi connectivity index (χ1v) is 5.27. The third-order valence-electron chi connectivity index (χ3n) is 1.72. The molecule has 0 aliphatic rings. The molecule has 2 heteroatoms. The zero-order chi connectivity index (χ0) is 9.07. The van der Waals surface area contributed by atoms with E-state index in [1.54, 1.807) is 0 Å². The molecular formula is C10H19ClO. The molecule has 0 fully saturated rings. The Kier molecular flexibility index (Phi) is 11.0. The fraction of sp³-hybridized carbons (Fsp3) is 0.800. The minimum absolute atomic E-state index is 0.267. The van der Waals surface area contributed by atoms with E-state index < -0.39 is 0 Å². The van der Waals surface area contributed by atoms with Gasteiger partial charge in [0.15, 0.2) is 0 Å². The third kappa shape index (κ3) is 9.99. The summed E-state index contributed by atoms with van der Waals surface area (Å²) < 4.78 is 0. The number of allylic oxidation sites excluding steroid dienone is 1. The molecule has 0 aliphatic carbocycles. The molecule has 0 rings (SSSR count). The molecule has 0 heterocycles. The van der Waals surface area contributed by atoms with Crippen molar-refractivity contribution in [2.24, 2.45) is 0 Å². The van der Waals surface area contributed by atoms with Crippen LogP contribution in [0.3, 0.4) is 0 Å². The summed E-state index contributed by atoms with van der Waals surface area (Å²) in [7, 11) is 0. The summed E-state index contributed by atoms with van der Waals surface area (Å²) in [5, 5.41) is 8.47.